The summed E-state index contributed by atoms with van der Waals surface area (Å²) in [6, 6.07) is 7.43. The molecule has 1 aliphatic carbocycles. The van der Waals surface area contributed by atoms with Crippen LogP contribution in [0.2, 0.25) is 5.02 Å². The van der Waals surface area contributed by atoms with Gasteiger partial charge in [0.25, 0.3) is 5.91 Å². The molecule has 7 heteroatoms. The lowest BCUT2D eigenvalue weighted by molar-refractivity contribution is 0.0938. The number of para-hydroxylation sites is 1. The molecule has 0 aliphatic heterocycles. The highest BCUT2D eigenvalue weighted by molar-refractivity contribution is 6.32. The molecule has 2 aromatic rings. The van der Waals surface area contributed by atoms with Crippen molar-refractivity contribution in [2.75, 3.05) is 13.1 Å². The number of hydrogen-bond acceptors (Lipinski definition) is 4. The van der Waals surface area contributed by atoms with E-state index in [1.165, 1.54) is 0 Å². The fraction of sp³-hybridized carbons (Fsp3) is 0.438. The Hall–Kier alpha value is -1.92. The maximum atomic E-state index is 12.3. The molecule has 1 aromatic carbocycles. The standard InChI is InChI=1S/C16H20ClN5O/c1-10(8-18)9-19-16(23)14-20-15(11-6-7-11)22(21-14)13-5-3-2-4-12(13)17/h2-5,10-11H,6-9,18H2,1H3,(H,19,23). The van der Waals surface area contributed by atoms with Crippen molar-refractivity contribution in [1.29, 1.82) is 0 Å². The largest absolute Gasteiger partial charge is 0.349 e. The number of nitrogens with two attached hydrogens (primary N) is 1. The number of nitrogens with zero attached hydrogens (tertiary/aromatic N) is 3. The number of nitrogens with one attached hydrogen (secondary N) is 1. The monoisotopic (exact) mass is 333 g/mol. The Bertz CT molecular complexity index is 710. The van der Waals surface area contributed by atoms with Crippen molar-refractivity contribution in [2.45, 2.75) is 25.7 Å². The van der Waals surface area contributed by atoms with Gasteiger partial charge in [0.15, 0.2) is 0 Å². The summed E-state index contributed by atoms with van der Waals surface area (Å²) >= 11 is 6.26. The summed E-state index contributed by atoms with van der Waals surface area (Å²) in [5.74, 6) is 1.26. The van der Waals surface area contributed by atoms with Gasteiger partial charge in [-0.3, -0.25) is 4.79 Å². The highest BCUT2D eigenvalue weighted by Gasteiger charge is 2.32. The van der Waals surface area contributed by atoms with Crippen LogP contribution in [0.1, 0.15) is 42.1 Å². The van der Waals surface area contributed by atoms with Crippen LogP contribution in [0, 0.1) is 5.92 Å². The number of amides is 1. The summed E-state index contributed by atoms with van der Waals surface area (Å²) in [6.07, 6.45) is 2.13. The van der Waals surface area contributed by atoms with Gasteiger partial charge in [-0.15, -0.1) is 5.10 Å². The lowest BCUT2D eigenvalue weighted by Crippen LogP contribution is -2.32. The Morgan fingerprint density at radius 2 is 2.22 bits per heavy atom. The summed E-state index contributed by atoms with van der Waals surface area (Å²) in [7, 11) is 0. The summed E-state index contributed by atoms with van der Waals surface area (Å²) < 4.78 is 1.70. The van der Waals surface area contributed by atoms with Crippen LogP contribution < -0.4 is 11.1 Å². The molecule has 1 heterocycles. The molecule has 1 unspecified atom stereocenters. The Balaban J connectivity index is 1.88. The van der Waals surface area contributed by atoms with Crippen LogP contribution in [-0.4, -0.2) is 33.8 Å². The number of carbonyl (C=O) groups excluding carboxylic acids is 1. The van der Waals surface area contributed by atoms with Crippen molar-refractivity contribution < 1.29 is 4.79 Å². The molecule has 3 rings (SSSR count). The van der Waals surface area contributed by atoms with E-state index in [-0.39, 0.29) is 17.6 Å². The predicted octanol–water partition coefficient (Wildman–Crippen LogP) is 2.12. The second-order valence-corrected chi connectivity index (χ2v) is 6.39. The van der Waals surface area contributed by atoms with Gasteiger partial charge in [0.1, 0.15) is 5.82 Å². The molecule has 6 nitrogen and oxygen atoms in total. The fourth-order valence-corrected chi connectivity index (χ4v) is 2.47. The summed E-state index contributed by atoms with van der Waals surface area (Å²) in [4.78, 5) is 16.7. The molecule has 0 bridgehead atoms. The van der Waals surface area contributed by atoms with E-state index in [1.54, 1.807) is 10.7 Å². The Morgan fingerprint density at radius 3 is 2.87 bits per heavy atom. The van der Waals surface area contributed by atoms with Crippen molar-refractivity contribution in [3.8, 4) is 5.69 Å². The van der Waals surface area contributed by atoms with Crippen LogP contribution in [0.4, 0.5) is 0 Å². The maximum Gasteiger partial charge on any atom is 0.290 e. The van der Waals surface area contributed by atoms with E-state index in [1.807, 2.05) is 25.1 Å². The maximum absolute atomic E-state index is 12.3. The predicted molar refractivity (Wildman–Crippen MR) is 88.9 cm³/mol. The zero-order chi connectivity index (χ0) is 16.4. The number of carbonyl (C=O) groups is 1. The Kier molecular flexibility index (Phi) is 4.63. The highest BCUT2D eigenvalue weighted by atomic mass is 35.5. The van der Waals surface area contributed by atoms with Gasteiger partial charge < -0.3 is 11.1 Å². The molecule has 1 aliphatic rings. The Morgan fingerprint density at radius 1 is 1.48 bits per heavy atom. The molecule has 1 atom stereocenters. The first-order valence-corrected chi connectivity index (χ1v) is 8.18. The molecular weight excluding hydrogens is 314 g/mol. The highest BCUT2D eigenvalue weighted by Crippen LogP contribution is 2.40. The minimum absolute atomic E-state index is 0.177. The van der Waals surface area contributed by atoms with E-state index < -0.39 is 0 Å². The minimum Gasteiger partial charge on any atom is -0.349 e. The average Bonchev–Trinajstić information content (AvgIpc) is 3.31. The van der Waals surface area contributed by atoms with E-state index in [9.17, 15) is 4.79 Å². The van der Waals surface area contributed by atoms with Gasteiger partial charge in [-0.25, -0.2) is 9.67 Å². The van der Waals surface area contributed by atoms with E-state index >= 15 is 0 Å². The van der Waals surface area contributed by atoms with Gasteiger partial charge in [0.05, 0.1) is 10.7 Å². The second kappa shape index (κ2) is 6.68. The summed E-state index contributed by atoms with van der Waals surface area (Å²) in [6.45, 7) is 3.01. The second-order valence-electron chi connectivity index (χ2n) is 5.98. The van der Waals surface area contributed by atoms with Crippen LogP contribution in [0.15, 0.2) is 24.3 Å². The van der Waals surface area contributed by atoms with E-state index in [2.05, 4.69) is 15.4 Å². The number of halogens is 1. The molecular formula is C16H20ClN5O. The topological polar surface area (TPSA) is 85.8 Å². The minimum atomic E-state index is -0.280. The molecule has 23 heavy (non-hydrogen) atoms. The Labute approximate surface area is 140 Å². The fourth-order valence-electron chi connectivity index (χ4n) is 2.26. The van der Waals surface area contributed by atoms with Crippen molar-refractivity contribution in [2.24, 2.45) is 11.7 Å². The zero-order valence-corrected chi connectivity index (χ0v) is 13.8. The van der Waals surface area contributed by atoms with Gasteiger partial charge in [0, 0.05) is 12.5 Å². The van der Waals surface area contributed by atoms with E-state index in [4.69, 9.17) is 17.3 Å². The van der Waals surface area contributed by atoms with Crippen LogP contribution in [0.25, 0.3) is 5.69 Å². The normalized spacial score (nSPS) is 15.4. The van der Waals surface area contributed by atoms with Gasteiger partial charge in [-0.2, -0.15) is 0 Å². The van der Waals surface area contributed by atoms with Crippen LogP contribution in [0.3, 0.4) is 0 Å². The zero-order valence-electron chi connectivity index (χ0n) is 13.0. The third kappa shape index (κ3) is 3.54. The number of rotatable bonds is 6. The third-order valence-corrected chi connectivity index (χ3v) is 4.19. The molecule has 0 radical (unpaired) electrons. The van der Waals surface area contributed by atoms with Crippen molar-refractivity contribution in [3.63, 3.8) is 0 Å². The van der Waals surface area contributed by atoms with Crippen LogP contribution in [0.5, 0.6) is 0 Å². The lowest BCUT2D eigenvalue weighted by Gasteiger charge is -2.08. The first-order valence-electron chi connectivity index (χ1n) is 7.80. The first-order chi connectivity index (χ1) is 11.1. The van der Waals surface area contributed by atoms with Gasteiger partial charge in [-0.05, 0) is 37.4 Å². The molecule has 1 fully saturated rings. The van der Waals surface area contributed by atoms with Crippen LogP contribution >= 0.6 is 11.6 Å². The van der Waals surface area contributed by atoms with E-state index in [0.29, 0.717) is 24.0 Å². The van der Waals surface area contributed by atoms with Gasteiger partial charge >= 0.3 is 0 Å². The smallest absolute Gasteiger partial charge is 0.290 e. The molecule has 3 N–H and O–H groups in total. The average molecular weight is 334 g/mol. The number of benzene rings is 1. The molecule has 1 saturated carbocycles. The first kappa shape index (κ1) is 16.0. The summed E-state index contributed by atoms with van der Waals surface area (Å²) in [5, 5.41) is 7.80. The molecule has 0 spiro atoms. The number of aromatic nitrogens is 3. The lowest BCUT2D eigenvalue weighted by atomic mass is 10.2. The quantitative estimate of drug-likeness (QED) is 0.847. The van der Waals surface area contributed by atoms with Gasteiger partial charge in [-0.1, -0.05) is 30.7 Å². The molecule has 122 valence electrons. The molecule has 1 amide bonds. The van der Waals surface area contributed by atoms with Crippen molar-refractivity contribution in [3.05, 3.63) is 40.9 Å². The van der Waals surface area contributed by atoms with E-state index in [0.717, 1.165) is 24.4 Å². The van der Waals surface area contributed by atoms with Crippen molar-refractivity contribution >= 4 is 17.5 Å². The third-order valence-electron chi connectivity index (χ3n) is 3.87. The molecule has 0 saturated heterocycles. The molecule has 1 aromatic heterocycles. The van der Waals surface area contributed by atoms with Gasteiger partial charge in [0.2, 0.25) is 5.82 Å². The number of hydrogen-bond donors (Lipinski definition) is 2. The SMILES string of the molecule is CC(CN)CNC(=O)c1nc(C2CC2)n(-c2ccccc2Cl)n1. The van der Waals surface area contributed by atoms with Crippen molar-refractivity contribution in [1.82, 2.24) is 20.1 Å². The van der Waals surface area contributed by atoms with Crippen LogP contribution in [-0.2, 0) is 0 Å². The summed E-state index contributed by atoms with van der Waals surface area (Å²) in [5.41, 5.74) is 6.31.